The van der Waals surface area contributed by atoms with Crippen LogP contribution in [0.1, 0.15) is 29.7 Å². The number of nitrogens with zero attached hydrogens (tertiary/aromatic N) is 1. The van der Waals surface area contributed by atoms with Crippen LogP contribution in [0.25, 0.3) is 0 Å². The van der Waals surface area contributed by atoms with Gasteiger partial charge < -0.3 is 5.32 Å². The van der Waals surface area contributed by atoms with Gasteiger partial charge in [0, 0.05) is 31.1 Å². The molecule has 1 heterocycles. The van der Waals surface area contributed by atoms with E-state index in [0.29, 0.717) is 23.4 Å². The second kappa shape index (κ2) is 8.06. The molecule has 0 spiro atoms. The Hall–Kier alpha value is -2.21. The number of hydrogen-bond donors (Lipinski definition) is 1. The maximum Gasteiger partial charge on any atom is 0.220 e. The highest BCUT2D eigenvalue weighted by molar-refractivity contribution is 7.90. The molecule has 2 rings (SSSR count). The first-order chi connectivity index (χ1) is 11.4. The van der Waals surface area contributed by atoms with Crippen LogP contribution in [0, 0.1) is 6.92 Å². The van der Waals surface area contributed by atoms with Crippen molar-refractivity contribution in [2.24, 2.45) is 0 Å². The maximum atomic E-state index is 11.9. The number of carbonyl (C=O) groups is 1. The van der Waals surface area contributed by atoms with Crippen molar-refractivity contribution in [1.82, 2.24) is 10.3 Å². The molecule has 0 aliphatic heterocycles. The average Bonchev–Trinajstić information content (AvgIpc) is 2.53. The number of sulfone groups is 1. The molecule has 0 radical (unpaired) electrons. The van der Waals surface area contributed by atoms with Crippen LogP contribution < -0.4 is 5.32 Å². The Morgan fingerprint density at radius 1 is 1.21 bits per heavy atom. The highest BCUT2D eigenvalue weighted by atomic mass is 32.2. The molecule has 0 bridgehead atoms. The van der Waals surface area contributed by atoms with Crippen molar-refractivity contribution in [2.75, 3.05) is 6.26 Å². The predicted octanol–water partition coefficient (Wildman–Crippen LogP) is 2.43. The van der Waals surface area contributed by atoms with E-state index in [9.17, 15) is 13.2 Å². The van der Waals surface area contributed by atoms with Gasteiger partial charge in [-0.25, -0.2) is 8.42 Å². The summed E-state index contributed by atoms with van der Waals surface area (Å²) in [5.74, 6) is -0.0178. The van der Waals surface area contributed by atoms with Crippen LogP contribution in [0.5, 0.6) is 0 Å². The van der Waals surface area contributed by atoms with Crippen LogP contribution in [-0.4, -0.2) is 25.6 Å². The third-order valence-electron chi connectivity index (χ3n) is 3.69. The van der Waals surface area contributed by atoms with Gasteiger partial charge in [-0.1, -0.05) is 18.2 Å². The van der Waals surface area contributed by atoms with Gasteiger partial charge >= 0.3 is 0 Å². The summed E-state index contributed by atoms with van der Waals surface area (Å²) in [4.78, 5) is 16.4. The Labute approximate surface area is 143 Å². The highest BCUT2D eigenvalue weighted by Crippen LogP contribution is 2.16. The molecule has 0 atom stereocenters. The number of pyridine rings is 1. The van der Waals surface area contributed by atoms with E-state index in [1.165, 1.54) is 6.26 Å². The number of rotatable bonds is 7. The van der Waals surface area contributed by atoms with Crippen molar-refractivity contribution in [3.05, 3.63) is 59.4 Å². The van der Waals surface area contributed by atoms with Crippen LogP contribution in [0.2, 0.25) is 0 Å². The molecule has 5 nitrogen and oxygen atoms in total. The molecule has 128 valence electrons. The topological polar surface area (TPSA) is 76.1 Å². The Morgan fingerprint density at radius 2 is 2.00 bits per heavy atom. The summed E-state index contributed by atoms with van der Waals surface area (Å²) >= 11 is 0. The lowest BCUT2D eigenvalue weighted by molar-refractivity contribution is -0.121. The minimum absolute atomic E-state index is 0.0178. The standard InChI is InChI=1S/C18H22N2O3S/c1-14-12-15(9-10-17(14)24(2,22)23)13-20-18(21)8-5-7-16-6-3-4-11-19-16/h3-4,6,9-12H,5,7-8,13H2,1-2H3,(H,20,21). The van der Waals surface area contributed by atoms with Gasteiger partial charge in [-0.2, -0.15) is 0 Å². The lowest BCUT2D eigenvalue weighted by Crippen LogP contribution is -2.22. The van der Waals surface area contributed by atoms with Crippen LogP contribution in [0.4, 0.5) is 0 Å². The van der Waals surface area contributed by atoms with E-state index >= 15 is 0 Å². The van der Waals surface area contributed by atoms with Crippen molar-refractivity contribution in [2.45, 2.75) is 37.6 Å². The summed E-state index contributed by atoms with van der Waals surface area (Å²) in [6, 6.07) is 10.9. The van der Waals surface area contributed by atoms with Crippen molar-refractivity contribution in [3.63, 3.8) is 0 Å². The lowest BCUT2D eigenvalue weighted by Gasteiger charge is -2.09. The fourth-order valence-electron chi connectivity index (χ4n) is 2.50. The van der Waals surface area contributed by atoms with Gasteiger partial charge in [-0.3, -0.25) is 9.78 Å². The SMILES string of the molecule is Cc1cc(CNC(=O)CCCc2ccccn2)ccc1S(C)(=O)=O. The smallest absolute Gasteiger partial charge is 0.220 e. The van der Waals surface area contributed by atoms with Crippen LogP contribution >= 0.6 is 0 Å². The van der Waals surface area contributed by atoms with Gasteiger partial charge in [0.05, 0.1) is 4.90 Å². The largest absolute Gasteiger partial charge is 0.352 e. The normalized spacial score (nSPS) is 11.2. The average molecular weight is 346 g/mol. The van der Waals surface area contributed by atoms with Crippen molar-refractivity contribution in [3.8, 4) is 0 Å². The zero-order chi connectivity index (χ0) is 17.6. The Morgan fingerprint density at radius 3 is 2.62 bits per heavy atom. The molecule has 6 heteroatoms. The molecule has 0 saturated carbocycles. The summed E-state index contributed by atoms with van der Waals surface area (Å²) < 4.78 is 23.2. The molecule has 0 saturated heterocycles. The fraction of sp³-hybridized carbons (Fsp3) is 0.333. The quantitative estimate of drug-likeness (QED) is 0.835. The van der Waals surface area contributed by atoms with Crippen LogP contribution in [-0.2, 0) is 27.6 Å². The Bertz CT molecular complexity index is 802. The minimum Gasteiger partial charge on any atom is -0.352 e. The molecule has 1 aromatic heterocycles. The van der Waals surface area contributed by atoms with E-state index in [1.54, 1.807) is 31.3 Å². The van der Waals surface area contributed by atoms with Gasteiger partial charge in [-0.15, -0.1) is 0 Å². The van der Waals surface area contributed by atoms with Crippen LogP contribution in [0.15, 0.2) is 47.5 Å². The molecule has 0 aliphatic rings. The van der Waals surface area contributed by atoms with E-state index in [4.69, 9.17) is 0 Å². The zero-order valence-corrected chi connectivity index (χ0v) is 14.8. The molecule has 1 amide bonds. The maximum absolute atomic E-state index is 11.9. The van der Waals surface area contributed by atoms with Gasteiger partial charge in [0.2, 0.25) is 5.91 Å². The van der Waals surface area contributed by atoms with Gasteiger partial charge in [0.25, 0.3) is 0 Å². The first-order valence-corrected chi connectivity index (χ1v) is 9.71. The molecular weight excluding hydrogens is 324 g/mol. The fourth-order valence-corrected chi connectivity index (χ4v) is 3.46. The number of amides is 1. The van der Waals surface area contributed by atoms with E-state index in [2.05, 4.69) is 10.3 Å². The first kappa shape index (κ1) is 18.1. The van der Waals surface area contributed by atoms with Crippen LogP contribution in [0.3, 0.4) is 0 Å². The predicted molar refractivity (Wildman–Crippen MR) is 93.3 cm³/mol. The number of hydrogen-bond acceptors (Lipinski definition) is 4. The summed E-state index contributed by atoms with van der Waals surface area (Å²) in [6.07, 6.45) is 4.90. The number of nitrogens with one attached hydrogen (secondary N) is 1. The summed E-state index contributed by atoms with van der Waals surface area (Å²) in [5.41, 5.74) is 2.56. The first-order valence-electron chi connectivity index (χ1n) is 7.82. The highest BCUT2D eigenvalue weighted by Gasteiger charge is 2.11. The number of carbonyl (C=O) groups excluding carboxylic acids is 1. The number of benzene rings is 1. The molecule has 1 N–H and O–H groups in total. The van der Waals surface area contributed by atoms with E-state index in [-0.39, 0.29) is 5.91 Å². The second-order valence-corrected chi connectivity index (χ2v) is 7.81. The molecule has 0 fully saturated rings. The number of aryl methyl sites for hydroxylation is 2. The van der Waals surface area contributed by atoms with Gasteiger partial charge in [0.1, 0.15) is 0 Å². The molecule has 0 unspecified atom stereocenters. The second-order valence-electron chi connectivity index (χ2n) is 5.82. The van der Waals surface area contributed by atoms with Crippen molar-refractivity contribution < 1.29 is 13.2 Å². The number of aromatic nitrogens is 1. The van der Waals surface area contributed by atoms with E-state index in [1.807, 2.05) is 18.2 Å². The summed E-state index contributed by atoms with van der Waals surface area (Å²) in [5, 5.41) is 2.86. The zero-order valence-electron chi connectivity index (χ0n) is 14.0. The minimum atomic E-state index is -3.21. The third kappa shape index (κ3) is 5.45. The molecule has 1 aromatic carbocycles. The lowest BCUT2D eigenvalue weighted by atomic mass is 10.1. The third-order valence-corrected chi connectivity index (χ3v) is 4.95. The van der Waals surface area contributed by atoms with Gasteiger partial charge in [-0.05, 0) is 49.1 Å². The van der Waals surface area contributed by atoms with Gasteiger partial charge in [0.15, 0.2) is 9.84 Å². The van der Waals surface area contributed by atoms with Crippen molar-refractivity contribution in [1.29, 1.82) is 0 Å². The Kier molecular flexibility index (Phi) is 6.09. The van der Waals surface area contributed by atoms with E-state index < -0.39 is 9.84 Å². The molecule has 2 aromatic rings. The Balaban J connectivity index is 1.80. The van der Waals surface area contributed by atoms with E-state index in [0.717, 1.165) is 24.1 Å². The summed E-state index contributed by atoms with van der Waals surface area (Å²) in [7, 11) is -3.21. The molecule has 0 aliphatic carbocycles. The molecular formula is C18H22N2O3S. The monoisotopic (exact) mass is 346 g/mol. The summed E-state index contributed by atoms with van der Waals surface area (Å²) in [6.45, 7) is 2.15. The molecule has 24 heavy (non-hydrogen) atoms. The van der Waals surface area contributed by atoms with Crippen molar-refractivity contribution >= 4 is 15.7 Å².